The third-order valence-electron chi connectivity index (χ3n) is 6.91. The van der Waals surface area contributed by atoms with Gasteiger partial charge in [0.05, 0.1) is 25.9 Å². The van der Waals surface area contributed by atoms with Gasteiger partial charge in [-0.25, -0.2) is 0 Å². The summed E-state index contributed by atoms with van der Waals surface area (Å²) in [5.74, 6) is 3.29. The summed E-state index contributed by atoms with van der Waals surface area (Å²) in [6.45, 7) is 3.47. The lowest BCUT2D eigenvalue weighted by atomic mass is 10.1. The van der Waals surface area contributed by atoms with Crippen molar-refractivity contribution in [2.75, 3.05) is 33.0 Å². The number of rotatable bonds is 18. The van der Waals surface area contributed by atoms with Crippen LogP contribution in [0.15, 0.2) is 97.1 Å². The molecule has 0 radical (unpaired) electrons. The van der Waals surface area contributed by atoms with E-state index in [1.54, 1.807) is 0 Å². The Bertz CT molecular complexity index is 1290. The Hall–Kier alpha value is -4.00. The van der Waals surface area contributed by atoms with Crippen LogP contribution < -0.4 is 18.9 Å². The van der Waals surface area contributed by atoms with Crippen molar-refractivity contribution in [3.8, 4) is 45.3 Å². The first-order valence-electron chi connectivity index (χ1n) is 14.8. The fourth-order valence-corrected chi connectivity index (χ4v) is 4.65. The summed E-state index contributed by atoms with van der Waals surface area (Å²) in [5.41, 5.74) is 4.47. The number of hydrogen-bond donors (Lipinski definition) is 2. The van der Waals surface area contributed by atoms with Gasteiger partial charge >= 0.3 is 0 Å². The lowest BCUT2D eigenvalue weighted by molar-refractivity contribution is 0.201. The molecule has 4 rings (SSSR count). The van der Waals surface area contributed by atoms with E-state index in [1.165, 1.54) is 0 Å². The molecule has 0 spiro atoms. The van der Waals surface area contributed by atoms with Crippen LogP contribution in [0.2, 0.25) is 0 Å². The van der Waals surface area contributed by atoms with E-state index in [9.17, 15) is 0 Å². The summed E-state index contributed by atoms with van der Waals surface area (Å²) in [6, 6.07) is 32.1. The highest BCUT2D eigenvalue weighted by atomic mass is 16.5. The quantitative estimate of drug-likeness (QED) is 0.120. The zero-order chi connectivity index (χ0) is 29.4. The maximum atomic E-state index is 8.88. The molecule has 42 heavy (non-hydrogen) atoms. The van der Waals surface area contributed by atoms with Crippen LogP contribution in [0.25, 0.3) is 22.3 Å². The van der Waals surface area contributed by atoms with E-state index in [2.05, 4.69) is 31.2 Å². The molecule has 222 valence electrons. The van der Waals surface area contributed by atoms with E-state index in [4.69, 9.17) is 29.2 Å². The second-order valence-corrected chi connectivity index (χ2v) is 10.2. The molecule has 2 N–H and O–H groups in total. The summed E-state index contributed by atoms with van der Waals surface area (Å²) in [4.78, 5) is 0. The van der Waals surface area contributed by atoms with E-state index in [0.717, 1.165) is 77.4 Å². The Kier molecular flexibility index (Phi) is 12.6. The smallest absolute Gasteiger partial charge is 0.119 e. The lowest BCUT2D eigenvalue weighted by Crippen LogP contribution is -2.11. The van der Waals surface area contributed by atoms with Crippen LogP contribution in [0.4, 0.5) is 0 Å². The Morgan fingerprint density at radius 2 is 0.810 bits per heavy atom. The summed E-state index contributed by atoms with van der Waals surface area (Å²) in [5, 5.41) is 17.8. The monoisotopic (exact) mass is 570 g/mol. The van der Waals surface area contributed by atoms with E-state index < -0.39 is 0 Å². The van der Waals surface area contributed by atoms with Gasteiger partial charge in [-0.3, -0.25) is 0 Å². The molecule has 0 fully saturated rings. The molecule has 4 aromatic rings. The average Bonchev–Trinajstić information content (AvgIpc) is 3.03. The molecule has 0 heterocycles. The number of hydrogen-bond acceptors (Lipinski definition) is 6. The number of unbranched alkanes of at least 4 members (excludes halogenated alkanes) is 3. The van der Waals surface area contributed by atoms with Gasteiger partial charge in [0.1, 0.15) is 36.2 Å². The first-order valence-corrected chi connectivity index (χ1v) is 14.8. The van der Waals surface area contributed by atoms with Crippen LogP contribution in [0.5, 0.6) is 23.0 Å². The molecule has 0 aromatic heterocycles. The van der Waals surface area contributed by atoms with Crippen LogP contribution in [-0.4, -0.2) is 49.4 Å². The summed E-state index contributed by atoms with van der Waals surface area (Å²) in [6.07, 6.45) is 5.63. The van der Waals surface area contributed by atoms with Crippen LogP contribution in [0.1, 0.15) is 39.0 Å². The van der Waals surface area contributed by atoms with E-state index in [0.29, 0.717) is 19.8 Å². The fourth-order valence-electron chi connectivity index (χ4n) is 4.65. The summed E-state index contributed by atoms with van der Waals surface area (Å²) < 4.78 is 22.9. The standard InChI is InChI=1S/C36H42O6/c1-28(42-36-21-13-32(14-22-36)31-11-19-35(20-12-31)41-27-24-38)6-4-2-3-5-25-39-33-15-7-29(8-16-33)30-9-17-34(18-10-30)40-26-23-37/h7-22,28,37-38H,2-6,23-27H2,1H3. The molecule has 0 aliphatic carbocycles. The molecule has 0 aliphatic heterocycles. The van der Waals surface area contributed by atoms with E-state index >= 15 is 0 Å². The zero-order valence-electron chi connectivity index (χ0n) is 24.4. The van der Waals surface area contributed by atoms with E-state index in [1.807, 2.05) is 72.8 Å². The molecule has 1 unspecified atom stereocenters. The van der Waals surface area contributed by atoms with Gasteiger partial charge in [0.2, 0.25) is 0 Å². The van der Waals surface area contributed by atoms with Crippen LogP contribution in [0.3, 0.4) is 0 Å². The average molecular weight is 571 g/mol. The van der Waals surface area contributed by atoms with Gasteiger partial charge in [0.15, 0.2) is 0 Å². The van der Waals surface area contributed by atoms with Gasteiger partial charge in [-0.15, -0.1) is 0 Å². The number of benzene rings is 4. The van der Waals surface area contributed by atoms with Gasteiger partial charge in [0, 0.05) is 0 Å². The second kappa shape index (κ2) is 17.1. The molecule has 1 atom stereocenters. The van der Waals surface area contributed by atoms with Crippen LogP contribution >= 0.6 is 0 Å². The number of aliphatic hydroxyl groups is 2. The largest absolute Gasteiger partial charge is 0.494 e. The highest BCUT2D eigenvalue weighted by molar-refractivity contribution is 5.65. The van der Waals surface area contributed by atoms with Gasteiger partial charge in [0.25, 0.3) is 0 Å². The summed E-state index contributed by atoms with van der Waals surface area (Å²) >= 11 is 0. The molecular formula is C36H42O6. The van der Waals surface area contributed by atoms with Crippen molar-refractivity contribution in [2.45, 2.75) is 45.1 Å². The molecule has 0 amide bonds. The molecule has 0 saturated heterocycles. The molecular weight excluding hydrogens is 528 g/mol. The maximum absolute atomic E-state index is 8.88. The van der Waals surface area contributed by atoms with Gasteiger partial charge in [-0.05, 0) is 97.0 Å². The summed E-state index contributed by atoms with van der Waals surface area (Å²) in [7, 11) is 0. The van der Waals surface area contributed by atoms with Crippen molar-refractivity contribution in [1.82, 2.24) is 0 Å². The second-order valence-electron chi connectivity index (χ2n) is 10.2. The Morgan fingerprint density at radius 3 is 1.21 bits per heavy atom. The predicted octanol–water partition coefficient (Wildman–Crippen LogP) is 7.56. The van der Waals surface area contributed by atoms with Crippen molar-refractivity contribution >= 4 is 0 Å². The molecule has 6 nitrogen and oxygen atoms in total. The lowest BCUT2D eigenvalue weighted by Gasteiger charge is -2.15. The highest BCUT2D eigenvalue weighted by Gasteiger charge is 2.06. The van der Waals surface area contributed by atoms with Crippen molar-refractivity contribution in [1.29, 1.82) is 0 Å². The molecule has 0 bridgehead atoms. The maximum Gasteiger partial charge on any atom is 0.119 e. The predicted molar refractivity (Wildman–Crippen MR) is 168 cm³/mol. The Labute approximate surface area is 249 Å². The van der Waals surface area contributed by atoms with Gasteiger partial charge in [-0.1, -0.05) is 61.4 Å². The molecule has 0 saturated carbocycles. The molecule has 6 heteroatoms. The highest BCUT2D eigenvalue weighted by Crippen LogP contribution is 2.26. The van der Waals surface area contributed by atoms with Crippen molar-refractivity contribution in [2.24, 2.45) is 0 Å². The number of ether oxygens (including phenoxy) is 4. The van der Waals surface area contributed by atoms with Crippen molar-refractivity contribution in [3.63, 3.8) is 0 Å². The van der Waals surface area contributed by atoms with Crippen molar-refractivity contribution in [3.05, 3.63) is 97.1 Å². The third-order valence-corrected chi connectivity index (χ3v) is 6.91. The minimum absolute atomic E-state index is 0.00967. The first kappa shape index (κ1) is 30.9. The van der Waals surface area contributed by atoms with Crippen molar-refractivity contribution < 1.29 is 29.2 Å². The molecule has 0 aliphatic rings. The number of aliphatic hydroxyl groups excluding tert-OH is 2. The molecule has 4 aromatic carbocycles. The SMILES string of the molecule is CC(CCCCCCOc1ccc(-c2ccc(OCCO)cc2)cc1)Oc1ccc(-c2ccc(OCCO)cc2)cc1. The first-order chi connectivity index (χ1) is 20.6. The Balaban J connectivity index is 1.08. The minimum atomic E-state index is 0.00967. The van der Waals surface area contributed by atoms with E-state index in [-0.39, 0.29) is 19.3 Å². The minimum Gasteiger partial charge on any atom is -0.494 e. The normalized spacial score (nSPS) is 11.6. The van der Waals surface area contributed by atoms with Crippen LogP contribution in [-0.2, 0) is 0 Å². The zero-order valence-corrected chi connectivity index (χ0v) is 24.4. The topological polar surface area (TPSA) is 77.4 Å². The Morgan fingerprint density at radius 1 is 0.452 bits per heavy atom. The third kappa shape index (κ3) is 10.1. The van der Waals surface area contributed by atoms with Crippen LogP contribution in [0, 0.1) is 0 Å². The fraction of sp³-hybridized carbons (Fsp3) is 0.333. The van der Waals surface area contributed by atoms with Gasteiger partial charge in [-0.2, -0.15) is 0 Å². The van der Waals surface area contributed by atoms with Gasteiger partial charge < -0.3 is 29.2 Å².